The van der Waals surface area contributed by atoms with Gasteiger partial charge >= 0.3 is 0 Å². The van der Waals surface area contributed by atoms with Crippen LogP contribution in [0.4, 0.5) is 5.69 Å². The van der Waals surface area contributed by atoms with Gasteiger partial charge in [-0.05, 0) is 44.9 Å². The van der Waals surface area contributed by atoms with Crippen molar-refractivity contribution in [3.05, 3.63) is 28.8 Å². The van der Waals surface area contributed by atoms with E-state index >= 15 is 0 Å². The summed E-state index contributed by atoms with van der Waals surface area (Å²) in [5, 5.41) is 12.4. The normalized spacial score (nSPS) is 19.9. The molecule has 1 atom stereocenters. The Kier molecular flexibility index (Phi) is 4.44. The van der Waals surface area contributed by atoms with Crippen LogP contribution in [0.5, 0.6) is 0 Å². The highest BCUT2D eigenvalue weighted by molar-refractivity contribution is 5.60. The van der Waals surface area contributed by atoms with Crippen molar-refractivity contribution in [3.63, 3.8) is 0 Å². The second-order valence-corrected chi connectivity index (χ2v) is 5.56. The number of aryl methyl sites for hydroxylation is 3. The first-order valence-corrected chi connectivity index (χ1v) is 7.05. The van der Waals surface area contributed by atoms with E-state index in [1.807, 2.05) is 0 Å². The monoisotopic (exact) mass is 257 g/mol. The highest BCUT2D eigenvalue weighted by Crippen LogP contribution is 2.27. The molecule has 0 radical (unpaired) electrons. The Bertz CT molecular complexity index is 464. The van der Waals surface area contributed by atoms with E-state index in [0.717, 1.165) is 26.1 Å². The summed E-state index contributed by atoms with van der Waals surface area (Å²) in [7, 11) is 0. The molecular weight excluding hydrogens is 234 g/mol. The van der Waals surface area contributed by atoms with Gasteiger partial charge < -0.3 is 10.2 Å². The van der Waals surface area contributed by atoms with Gasteiger partial charge in [-0.2, -0.15) is 5.26 Å². The molecule has 102 valence electrons. The number of hydrogen-bond acceptors (Lipinski definition) is 3. The molecule has 1 N–H and O–H groups in total. The summed E-state index contributed by atoms with van der Waals surface area (Å²) in [5.41, 5.74) is 5.36. The molecule has 1 heterocycles. The molecule has 19 heavy (non-hydrogen) atoms. The number of anilines is 1. The Balaban J connectivity index is 2.27. The van der Waals surface area contributed by atoms with Crippen molar-refractivity contribution in [2.75, 3.05) is 24.5 Å². The molecule has 1 aromatic rings. The average Bonchev–Trinajstić information content (AvgIpc) is 2.54. The van der Waals surface area contributed by atoms with E-state index < -0.39 is 0 Å². The Labute approximate surface area is 116 Å². The number of nitrogens with one attached hydrogen (secondary N) is 1. The Hall–Kier alpha value is -1.53. The van der Waals surface area contributed by atoms with Crippen LogP contribution in [0.3, 0.4) is 0 Å². The fourth-order valence-corrected chi connectivity index (χ4v) is 3.12. The minimum Gasteiger partial charge on any atom is -0.369 e. The second kappa shape index (κ2) is 6.08. The molecule has 1 aromatic carbocycles. The predicted octanol–water partition coefficient (Wildman–Crippen LogP) is 2.69. The van der Waals surface area contributed by atoms with Crippen LogP contribution in [0.2, 0.25) is 0 Å². The molecule has 1 aliphatic rings. The summed E-state index contributed by atoms with van der Waals surface area (Å²) < 4.78 is 0. The number of rotatable bonds is 2. The van der Waals surface area contributed by atoms with Crippen molar-refractivity contribution >= 4 is 5.69 Å². The van der Waals surface area contributed by atoms with Crippen LogP contribution in [0, 0.1) is 32.1 Å². The Morgan fingerprint density at radius 2 is 2.00 bits per heavy atom. The number of nitrogens with zero attached hydrogens (tertiary/aromatic N) is 2. The van der Waals surface area contributed by atoms with Gasteiger partial charge in [-0.15, -0.1) is 0 Å². The first-order valence-electron chi connectivity index (χ1n) is 7.05. The summed E-state index contributed by atoms with van der Waals surface area (Å²) in [6.07, 6.45) is 1.72. The van der Waals surface area contributed by atoms with Gasteiger partial charge in [-0.1, -0.05) is 17.7 Å². The molecule has 0 saturated carbocycles. The minimum atomic E-state index is 0.285. The van der Waals surface area contributed by atoms with Gasteiger partial charge in [-0.25, -0.2) is 0 Å². The van der Waals surface area contributed by atoms with Gasteiger partial charge in [0, 0.05) is 24.8 Å². The first-order chi connectivity index (χ1) is 9.11. The SMILES string of the molecule is Cc1cc(C)c(N2CCCNC(CC#N)C2)c(C)c1. The summed E-state index contributed by atoms with van der Waals surface area (Å²) >= 11 is 0. The number of benzene rings is 1. The van der Waals surface area contributed by atoms with Crippen LogP contribution in [-0.4, -0.2) is 25.7 Å². The van der Waals surface area contributed by atoms with Crippen molar-refractivity contribution in [2.24, 2.45) is 0 Å². The van der Waals surface area contributed by atoms with E-state index in [9.17, 15) is 0 Å². The quantitative estimate of drug-likeness (QED) is 0.885. The van der Waals surface area contributed by atoms with Gasteiger partial charge in [0.05, 0.1) is 12.5 Å². The average molecular weight is 257 g/mol. The van der Waals surface area contributed by atoms with E-state index in [4.69, 9.17) is 5.26 Å². The molecule has 1 saturated heterocycles. The number of hydrogen-bond donors (Lipinski definition) is 1. The zero-order chi connectivity index (χ0) is 13.8. The van der Waals surface area contributed by atoms with Crippen LogP contribution in [-0.2, 0) is 0 Å². The first kappa shape index (κ1) is 13.9. The molecule has 1 fully saturated rings. The number of nitriles is 1. The van der Waals surface area contributed by atoms with E-state index in [-0.39, 0.29) is 6.04 Å². The topological polar surface area (TPSA) is 39.1 Å². The van der Waals surface area contributed by atoms with Gasteiger partial charge in [-0.3, -0.25) is 0 Å². The molecule has 0 amide bonds. The lowest BCUT2D eigenvalue weighted by atomic mass is 10.0. The molecule has 1 unspecified atom stereocenters. The van der Waals surface area contributed by atoms with Crippen molar-refractivity contribution in [3.8, 4) is 6.07 Å². The third-order valence-corrected chi connectivity index (χ3v) is 3.77. The van der Waals surface area contributed by atoms with Gasteiger partial charge in [0.25, 0.3) is 0 Å². The van der Waals surface area contributed by atoms with Crippen LogP contribution >= 0.6 is 0 Å². The highest BCUT2D eigenvalue weighted by atomic mass is 15.2. The smallest absolute Gasteiger partial charge is 0.0638 e. The molecule has 3 heteroatoms. The van der Waals surface area contributed by atoms with Crippen molar-refractivity contribution in [2.45, 2.75) is 39.7 Å². The maximum Gasteiger partial charge on any atom is 0.0638 e. The molecule has 3 nitrogen and oxygen atoms in total. The van der Waals surface area contributed by atoms with Gasteiger partial charge in [0.15, 0.2) is 0 Å². The fourth-order valence-electron chi connectivity index (χ4n) is 3.12. The zero-order valence-electron chi connectivity index (χ0n) is 12.2. The van der Waals surface area contributed by atoms with Crippen molar-refractivity contribution in [1.82, 2.24) is 5.32 Å². The summed E-state index contributed by atoms with van der Waals surface area (Å²) in [6, 6.07) is 7.07. The molecule has 1 aliphatic heterocycles. The lowest BCUT2D eigenvalue weighted by Gasteiger charge is -2.29. The summed E-state index contributed by atoms with van der Waals surface area (Å²) in [5.74, 6) is 0. The van der Waals surface area contributed by atoms with Crippen LogP contribution in [0.25, 0.3) is 0 Å². The predicted molar refractivity (Wildman–Crippen MR) is 79.5 cm³/mol. The molecule has 2 rings (SSSR count). The van der Waals surface area contributed by atoms with E-state index in [1.54, 1.807) is 0 Å². The van der Waals surface area contributed by atoms with Crippen LogP contribution in [0.15, 0.2) is 12.1 Å². The molecular formula is C16H23N3. The molecule has 0 spiro atoms. The molecule has 0 aromatic heterocycles. The van der Waals surface area contributed by atoms with Gasteiger partial charge in [0.1, 0.15) is 0 Å². The van der Waals surface area contributed by atoms with Gasteiger partial charge in [0.2, 0.25) is 0 Å². The van der Waals surface area contributed by atoms with E-state index in [1.165, 1.54) is 22.4 Å². The largest absolute Gasteiger partial charge is 0.369 e. The van der Waals surface area contributed by atoms with E-state index in [0.29, 0.717) is 6.42 Å². The zero-order valence-corrected chi connectivity index (χ0v) is 12.2. The third kappa shape index (κ3) is 3.27. The summed E-state index contributed by atoms with van der Waals surface area (Å²) in [6.45, 7) is 9.52. The van der Waals surface area contributed by atoms with Crippen molar-refractivity contribution in [1.29, 1.82) is 5.26 Å². The molecule has 0 aliphatic carbocycles. The maximum atomic E-state index is 8.90. The Morgan fingerprint density at radius 1 is 1.32 bits per heavy atom. The standard InChI is InChI=1S/C16H23N3/c1-12-9-13(2)16(14(3)10-12)19-8-4-7-18-15(11-19)5-6-17/h9-10,15,18H,4-5,7-8,11H2,1-3H3. The minimum absolute atomic E-state index is 0.285. The highest BCUT2D eigenvalue weighted by Gasteiger charge is 2.20. The third-order valence-electron chi connectivity index (χ3n) is 3.77. The fraction of sp³-hybridized carbons (Fsp3) is 0.562. The van der Waals surface area contributed by atoms with Crippen LogP contribution in [0.1, 0.15) is 29.5 Å². The Morgan fingerprint density at radius 3 is 2.63 bits per heavy atom. The lowest BCUT2D eigenvalue weighted by Crippen LogP contribution is -2.38. The summed E-state index contributed by atoms with van der Waals surface area (Å²) in [4.78, 5) is 2.45. The second-order valence-electron chi connectivity index (χ2n) is 5.56. The lowest BCUT2D eigenvalue weighted by molar-refractivity contribution is 0.552. The van der Waals surface area contributed by atoms with Crippen molar-refractivity contribution < 1.29 is 0 Å². The molecule has 0 bridgehead atoms. The van der Waals surface area contributed by atoms with Crippen LogP contribution < -0.4 is 10.2 Å². The van der Waals surface area contributed by atoms with E-state index in [2.05, 4.69) is 49.2 Å². The maximum absolute atomic E-state index is 8.90.